The van der Waals surface area contributed by atoms with E-state index in [-0.39, 0.29) is 5.82 Å². The fraction of sp³-hybridized carbons (Fsp3) is 0.214. The third-order valence-corrected chi connectivity index (χ3v) is 2.75. The maximum absolute atomic E-state index is 13.9. The van der Waals surface area contributed by atoms with Crippen LogP contribution in [0.25, 0.3) is 0 Å². The fourth-order valence-corrected chi connectivity index (χ4v) is 1.90. The van der Waals surface area contributed by atoms with Crippen LogP contribution in [0.5, 0.6) is 5.75 Å². The number of benzene rings is 1. The lowest BCUT2D eigenvalue weighted by Crippen LogP contribution is -2.11. The van der Waals surface area contributed by atoms with Crippen molar-refractivity contribution in [1.29, 1.82) is 0 Å². The van der Waals surface area contributed by atoms with Crippen LogP contribution in [-0.4, -0.2) is 12.1 Å². The number of aromatic nitrogens is 1. The first kappa shape index (κ1) is 13.3. The van der Waals surface area contributed by atoms with E-state index in [0.717, 1.165) is 0 Å². The van der Waals surface area contributed by atoms with Gasteiger partial charge in [0, 0.05) is 0 Å². The highest BCUT2D eigenvalue weighted by atomic mass is 19.1. The molecule has 1 aromatic carbocycles. The van der Waals surface area contributed by atoms with E-state index in [1.807, 2.05) is 0 Å². The van der Waals surface area contributed by atoms with Crippen molar-refractivity contribution < 1.29 is 13.5 Å². The van der Waals surface area contributed by atoms with Gasteiger partial charge in [-0.05, 0) is 31.2 Å². The molecule has 0 saturated heterocycles. The SMILES string of the molecule is COc1cccc(F)c1C(C)Nc1cccc(F)n1. The van der Waals surface area contributed by atoms with Gasteiger partial charge in [0.2, 0.25) is 5.95 Å². The summed E-state index contributed by atoms with van der Waals surface area (Å²) in [6.07, 6.45) is 0. The van der Waals surface area contributed by atoms with Gasteiger partial charge in [-0.25, -0.2) is 9.37 Å². The monoisotopic (exact) mass is 264 g/mol. The summed E-state index contributed by atoms with van der Waals surface area (Å²) in [6, 6.07) is 8.61. The quantitative estimate of drug-likeness (QED) is 0.858. The van der Waals surface area contributed by atoms with Gasteiger partial charge in [0.25, 0.3) is 0 Å². The van der Waals surface area contributed by atoms with Gasteiger partial charge in [-0.2, -0.15) is 4.39 Å². The van der Waals surface area contributed by atoms with E-state index < -0.39 is 12.0 Å². The van der Waals surface area contributed by atoms with Crippen LogP contribution < -0.4 is 10.1 Å². The summed E-state index contributed by atoms with van der Waals surface area (Å²) in [6.45, 7) is 1.76. The van der Waals surface area contributed by atoms with Crippen molar-refractivity contribution in [3.8, 4) is 5.75 Å². The zero-order chi connectivity index (χ0) is 13.8. The zero-order valence-electron chi connectivity index (χ0n) is 10.7. The third-order valence-electron chi connectivity index (χ3n) is 2.75. The molecule has 0 amide bonds. The molecule has 0 aliphatic rings. The molecule has 2 rings (SSSR count). The summed E-state index contributed by atoms with van der Waals surface area (Å²) in [5.41, 5.74) is 0.385. The maximum Gasteiger partial charge on any atom is 0.214 e. The molecule has 0 bridgehead atoms. The van der Waals surface area contributed by atoms with Gasteiger partial charge >= 0.3 is 0 Å². The van der Waals surface area contributed by atoms with Gasteiger partial charge in [0.05, 0.1) is 18.7 Å². The first-order valence-corrected chi connectivity index (χ1v) is 5.83. The second-order valence-corrected chi connectivity index (χ2v) is 4.07. The highest BCUT2D eigenvalue weighted by Crippen LogP contribution is 2.29. The third kappa shape index (κ3) is 2.99. The molecule has 0 aliphatic carbocycles. The predicted octanol–water partition coefficient (Wildman–Crippen LogP) is 3.54. The molecule has 0 aliphatic heterocycles. The molecule has 1 atom stereocenters. The van der Waals surface area contributed by atoms with Crippen molar-refractivity contribution in [1.82, 2.24) is 4.98 Å². The first-order chi connectivity index (χ1) is 9.11. The highest BCUT2D eigenvalue weighted by molar-refractivity contribution is 5.43. The lowest BCUT2D eigenvalue weighted by Gasteiger charge is -2.18. The number of anilines is 1. The molecule has 5 heteroatoms. The molecule has 3 nitrogen and oxygen atoms in total. The standard InChI is InChI=1S/C14H14F2N2O/c1-9(17-13-8-4-7-12(16)18-13)14-10(15)5-3-6-11(14)19-2/h3-9H,1-2H3,(H,17,18). The van der Waals surface area contributed by atoms with Crippen molar-refractivity contribution in [2.75, 3.05) is 12.4 Å². The number of ether oxygens (including phenoxy) is 1. The number of pyridine rings is 1. The van der Waals surface area contributed by atoms with Crippen molar-refractivity contribution in [2.24, 2.45) is 0 Å². The number of methoxy groups -OCH3 is 1. The van der Waals surface area contributed by atoms with Crippen LogP contribution in [0.15, 0.2) is 36.4 Å². The minimum atomic E-state index is -0.585. The van der Waals surface area contributed by atoms with Gasteiger partial charge in [-0.15, -0.1) is 0 Å². The van der Waals surface area contributed by atoms with Crippen LogP contribution in [0.4, 0.5) is 14.6 Å². The maximum atomic E-state index is 13.9. The molecule has 1 heterocycles. The Morgan fingerprint density at radius 3 is 2.58 bits per heavy atom. The summed E-state index contributed by atoms with van der Waals surface area (Å²) in [5.74, 6) is -0.178. The minimum Gasteiger partial charge on any atom is -0.496 e. The van der Waals surface area contributed by atoms with Crippen molar-refractivity contribution >= 4 is 5.82 Å². The Kier molecular flexibility index (Phi) is 3.94. The Morgan fingerprint density at radius 1 is 1.16 bits per heavy atom. The van der Waals surface area contributed by atoms with Crippen LogP contribution in [0, 0.1) is 11.8 Å². The summed E-state index contributed by atoms with van der Waals surface area (Å²) in [7, 11) is 1.48. The largest absolute Gasteiger partial charge is 0.496 e. The molecule has 1 unspecified atom stereocenters. The van der Waals surface area contributed by atoms with Crippen LogP contribution in [-0.2, 0) is 0 Å². The Hall–Kier alpha value is -2.17. The fourth-order valence-electron chi connectivity index (χ4n) is 1.90. The highest BCUT2D eigenvalue weighted by Gasteiger charge is 2.16. The number of hydrogen-bond acceptors (Lipinski definition) is 3. The average molecular weight is 264 g/mol. The number of rotatable bonds is 4. The second kappa shape index (κ2) is 5.65. The van der Waals surface area contributed by atoms with Crippen LogP contribution in [0.2, 0.25) is 0 Å². The molecule has 19 heavy (non-hydrogen) atoms. The smallest absolute Gasteiger partial charge is 0.214 e. The Balaban J connectivity index is 2.27. The van der Waals surface area contributed by atoms with E-state index in [0.29, 0.717) is 17.1 Å². The van der Waals surface area contributed by atoms with E-state index in [9.17, 15) is 8.78 Å². The second-order valence-electron chi connectivity index (χ2n) is 4.07. The summed E-state index contributed by atoms with van der Waals surface area (Å²) >= 11 is 0. The van der Waals surface area contributed by atoms with Gasteiger partial charge < -0.3 is 10.1 Å². The Bertz CT molecular complexity index is 575. The van der Waals surface area contributed by atoms with Crippen LogP contribution in [0.1, 0.15) is 18.5 Å². The Labute approximate surface area is 110 Å². The lowest BCUT2D eigenvalue weighted by atomic mass is 10.1. The molecule has 0 saturated carbocycles. The van der Waals surface area contributed by atoms with Gasteiger partial charge in [0.1, 0.15) is 17.4 Å². The Morgan fingerprint density at radius 2 is 1.89 bits per heavy atom. The molecule has 1 N–H and O–H groups in total. The van der Waals surface area contributed by atoms with E-state index in [1.165, 1.54) is 25.3 Å². The molecule has 0 fully saturated rings. The first-order valence-electron chi connectivity index (χ1n) is 5.83. The molecule has 2 aromatic rings. The van der Waals surface area contributed by atoms with E-state index in [4.69, 9.17) is 4.74 Å². The molecular weight excluding hydrogens is 250 g/mol. The molecule has 0 spiro atoms. The molecule has 0 radical (unpaired) electrons. The van der Waals surface area contributed by atoms with Gasteiger partial charge in [-0.1, -0.05) is 12.1 Å². The van der Waals surface area contributed by atoms with Gasteiger partial charge in [-0.3, -0.25) is 0 Å². The van der Waals surface area contributed by atoms with Crippen molar-refractivity contribution in [3.63, 3.8) is 0 Å². The number of nitrogens with one attached hydrogen (secondary N) is 1. The normalized spacial score (nSPS) is 12.0. The van der Waals surface area contributed by atoms with E-state index in [1.54, 1.807) is 25.1 Å². The van der Waals surface area contributed by atoms with Crippen molar-refractivity contribution in [2.45, 2.75) is 13.0 Å². The topological polar surface area (TPSA) is 34.1 Å². The van der Waals surface area contributed by atoms with Crippen molar-refractivity contribution in [3.05, 3.63) is 53.7 Å². The number of nitrogens with zero attached hydrogens (tertiary/aromatic N) is 1. The predicted molar refractivity (Wildman–Crippen MR) is 69.2 cm³/mol. The average Bonchev–Trinajstić information content (AvgIpc) is 2.38. The molecule has 100 valence electrons. The van der Waals surface area contributed by atoms with Crippen LogP contribution in [0.3, 0.4) is 0 Å². The molecular formula is C14H14F2N2O. The number of halogens is 2. The summed E-state index contributed by atoms with van der Waals surface area (Å²) < 4.78 is 32.0. The minimum absolute atomic E-state index is 0.345. The molecule has 1 aromatic heterocycles. The van der Waals surface area contributed by atoms with E-state index >= 15 is 0 Å². The van der Waals surface area contributed by atoms with Gasteiger partial charge in [0.15, 0.2) is 0 Å². The number of hydrogen-bond donors (Lipinski definition) is 1. The zero-order valence-corrected chi connectivity index (χ0v) is 10.7. The van der Waals surface area contributed by atoms with Crippen LogP contribution >= 0.6 is 0 Å². The summed E-state index contributed by atoms with van der Waals surface area (Å²) in [4.78, 5) is 3.68. The van der Waals surface area contributed by atoms with E-state index in [2.05, 4.69) is 10.3 Å². The lowest BCUT2D eigenvalue weighted by molar-refractivity contribution is 0.402. The summed E-state index contributed by atoms with van der Waals surface area (Å²) in [5, 5.41) is 2.94.